The smallest absolute Gasteiger partial charge is 0.0662 e. The largest absolute Gasteiger partial charge is 0.289 e. The second-order valence-corrected chi connectivity index (χ2v) is 7.36. The van der Waals surface area contributed by atoms with E-state index in [0.717, 1.165) is 16.2 Å². The number of aliphatic imine (C=N–C) groups is 1. The van der Waals surface area contributed by atoms with Gasteiger partial charge in [0, 0.05) is 16.7 Å². The van der Waals surface area contributed by atoms with Gasteiger partial charge < -0.3 is 0 Å². The maximum absolute atomic E-state index is 4.69. The zero-order valence-electron chi connectivity index (χ0n) is 13.0. The Morgan fingerprint density at radius 1 is 1.04 bits per heavy atom. The predicted octanol–water partition coefficient (Wildman–Crippen LogP) is 5.75. The topological polar surface area (TPSA) is 12.4 Å². The quantitative estimate of drug-likeness (QED) is 0.449. The summed E-state index contributed by atoms with van der Waals surface area (Å²) >= 11 is 6.29. The number of rotatable bonds is 5. The van der Waals surface area contributed by atoms with Gasteiger partial charge in [-0.05, 0) is 30.5 Å². The average molecular weight is 338 g/mol. The van der Waals surface area contributed by atoms with E-state index < -0.39 is 0 Å². The Morgan fingerprint density at radius 3 is 2.39 bits per heavy atom. The molecule has 23 heavy (non-hydrogen) atoms. The van der Waals surface area contributed by atoms with Crippen molar-refractivity contribution in [1.29, 1.82) is 0 Å². The van der Waals surface area contributed by atoms with Crippen molar-refractivity contribution in [1.82, 2.24) is 0 Å². The van der Waals surface area contributed by atoms with Gasteiger partial charge in [0.05, 0.1) is 10.3 Å². The van der Waals surface area contributed by atoms with Crippen LogP contribution in [-0.2, 0) is 6.42 Å². The van der Waals surface area contributed by atoms with Gasteiger partial charge in [-0.25, -0.2) is 0 Å². The summed E-state index contributed by atoms with van der Waals surface area (Å²) in [4.78, 5) is 5.92. The lowest BCUT2D eigenvalue weighted by Gasteiger charge is -2.05. The minimum absolute atomic E-state index is 0.255. The monoisotopic (exact) mass is 337 g/mol. The van der Waals surface area contributed by atoms with Gasteiger partial charge in [-0.3, -0.25) is 4.99 Å². The molecule has 0 bridgehead atoms. The maximum atomic E-state index is 4.69. The molecular formula is C20H19NS2. The summed E-state index contributed by atoms with van der Waals surface area (Å²) in [5.41, 5.74) is 3.64. The Bertz CT molecular complexity index is 776. The minimum Gasteiger partial charge on any atom is -0.289 e. The third-order valence-corrected chi connectivity index (χ3v) is 5.18. The van der Waals surface area contributed by atoms with E-state index in [1.54, 1.807) is 11.3 Å². The van der Waals surface area contributed by atoms with E-state index in [1.807, 2.05) is 18.3 Å². The van der Waals surface area contributed by atoms with Crippen LogP contribution in [-0.4, -0.2) is 12.3 Å². The van der Waals surface area contributed by atoms with Crippen LogP contribution in [0.3, 0.4) is 0 Å². The van der Waals surface area contributed by atoms with Crippen LogP contribution in [0, 0.1) is 0 Å². The summed E-state index contributed by atoms with van der Waals surface area (Å²) in [6.07, 6.45) is 2.91. The third kappa shape index (κ3) is 4.34. The van der Waals surface area contributed by atoms with Gasteiger partial charge in [0.25, 0.3) is 0 Å². The number of hydrogen-bond acceptors (Lipinski definition) is 3. The van der Waals surface area contributed by atoms with Gasteiger partial charge in [-0.2, -0.15) is 0 Å². The van der Waals surface area contributed by atoms with Crippen molar-refractivity contribution >= 4 is 30.2 Å². The molecule has 0 aliphatic heterocycles. The van der Waals surface area contributed by atoms with Crippen molar-refractivity contribution in [2.45, 2.75) is 23.6 Å². The highest BCUT2D eigenvalue weighted by Gasteiger charge is 2.07. The van der Waals surface area contributed by atoms with Crippen molar-refractivity contribution in [2.24, 2.45) is 4.99 Å². The zero-order chi connectivity index (χ0) is 16.1. The molecule has 0 amide bonds. The van der Waals surface area contributed by atoms with Crippen molar-refractivity contribution in [3.05, 3.63) is 77.9 Å². The lowest BCUT2D eigenvalue weighted by Crippen LogP contribution is -2.03. The first-order valence-electron chi connectivity index (χ1n) is 7.67. The molecule has 0 fully saturated rings. The summed E-state index contributed by atoms with van der Waals surface area (Å²) < 4.78 is 1.01. The fraction of sp³-hybridized carbons (Fsp3) is 0.150. The molecule has 1 nitrogen and oxygen atoms in total. The fourth-order valence-electron chi connectivity index (χ4n) is 2.45. The Balaban J connectivity index is 1.71. The molecule has 3 aromatic rings. The number of hydrogen-bond donors (Lipinski definition) is 1. The van der Waals surface area contributed by atoms with Crippen LogP contribution in [0.25, 0.3) is 10.4 Å². The van der Waals surface area contributed by atoms with Gasteiger partial charge in [0.1, 0.15) is 0 Å². The molecule has 1 aromatic heterocycles. The Morgan fingerprint density at radius 2 is 1.70 bits per heavy atom. The van der Waals surface area contributed by atoms with Crippen molar-refractivity contribution in [2.75, 3.05) is 0 Å². The molecule has 0 saturated carbocycles. The van der Waals surface area contributed by atoms with Gasteiger partial charge in [-0.1, -0.05) is 60.7 Å². The third-order valence-electron chi connectivity index (χ3n) is 3.64. The molecular weight excluding hydrogens is 318 g/mol. The Hall–Kier alpha value is -1.84. The summed E-state index contributed by atoms with van der Waals surface area (Å²) in [7, 11) is 0. The van der Waals surface area contributed by atoms with Crippen LogP contribution >= 0.6 is 24.0 Å². The van der Waals surface area contributed by atoms with Crippen LogP contribution < -0.4 is 0 Å². The lowest BCUT2D eigenvalue weighted by atomic mass is 10.1. The molecule has 0 aliphatic rings. The van der Waals surface area contributed by atoms with Gasteiger partial charge >= 0.3 is 0 Å². The number of nitrogens with zero attached hydrogens (tertiary/aromatic N) is 1. The van der Waals surface area contributed by atoms with E-state index >= 15 is 0 Å². The maximum Gasteiger partial charge on any atom is 0.0662 e. The summed E-state index contributed by atoms with van der Waals surface area (Å²) in [5, 5.41) is 0. The van der Waals surface area contributed by atoms with E-state index in [-0.39, 0.29) is 6.04 Å². The fourth-order valence-corrected chi connectivity index (χ4v) is 3.74. The van der Waals surface area contributed by atoms with E-state index in [4.69, 9.17) is 4.99 Å². The molecule has 3 rings (SSSR count). The molecule has 3 heteroatoms. The van der Waals surface area contributed by atoms with Crippen LogP contribution in [0.1, 0.15) is 18.1 Å². The molecule has 2 aromatic carbocycles. The SMILES string of the molecule is CC(Cc1ccccc1)N=Cc1cc(-c2ccccc2)sc1S. The molecule has 116 valence electrons. The first-order valence-corrected chi connectivity index (χ1v) is 8.94. The molecule has 1 atom stereocenters. The number of benzene rings is 2. The van der Waals surface area contributed by atoms with Crippen molar-refractivity contribution in [3.8, 4) is 10.4 Å². The summed E-state index contributed by atoms with van der Waals surface area (Å²) in [6, 6.07) is 23.3. The van der Waals surface area contributed by atoms with Gasteiger partial charge in [0.15, 0.2) is 0 Å². The first-order chi connectivity index (χ1) is 11.2. The summed E-state index contributed by atoms with van der Waals surface area (Å²) in [6.45, 7) is 2.15. The lowest BCUT2D eigenvalue weighted by molar-refractivity contribution is 0.744. The molecule has 0 aliphatic carbocycles. The second-order valence-electron chi connectivity index (χ2n) is 5.55. The van der Waals surface area contributed by atoms with Crippen LogP contribution in [0.4, 0.5) is 0 Å². The highest BCUT2D eigenvalue weighted by atomic mass is 32.2. The standard InChI is InChI=1S/C20H19NS2/c1-15(12-16-8-4-2-5-9-16)21-14-18-13-19(23-20(18)22)17-10-6-3-7-11-17/h2-11,13-15,22H,12H2,1H3. The van der Waals surface area contributed by atoms with Crippen LogP contribution in [0.5, 0.6) is 0 Å². The van der Waals surface area contributed by atoms with E-state index in [1.165, 1.54) is 16.0 Å². The highest BCUT2D eigenvalue weighted by Crippen LogP contribution is 2.32. The molecule has 0 N–H and O–H groups in total. The Labute approximate surface area is 147 Å². The molecule has 0 spiro atoms. The van der Waals surface area contributed by atoms with E-state index in [0.29, 0.717) is 0 Å². The summed E-state index contributed by atoms with van der Waals surface area (Å²) in [5.74, 6) is 0. The van der Waals surface area contributed by atoms with Crippen molar-refractivity contribution < 1.29 is 0 Å². The zero-order valence-corrected chi connectivity index (χ0v) is 14.7. The van der Waals surface area contributed by atoms with Crippen LogP contribution in [0.2, 0.25) is 0 Å². The molecule has 1 heterocycles. The predicted molar refractivity (Wildman–Crippen MR) is 104 cm³/mol. The molecule has 0 radical (unpaired) electrons. The number of thiol groups is 1. The molecule has 0 saturated heterocycles. The van der Waals surface area contributed by atoms with Crippen molar-refractivity contribution in [3.63, 3.8) is 0 Å². The molecule has 1 unspecified atom stereocenters. The van der Waals surface area contributed by atoms with Crippen LogP contribution in [0.15, 0.2) is 75.9 Å². The number of thiophene rings is 1. The minimum atomic E-state index is 0.255. The average Bonchev–Trinajstić information content (AvgIpc) is 2.96. The van der Waals surface area contributed by atoms with E-state index in [2.05, 4.69) is 74.1 Å². The van der Waals surface area contributed by atoms with E-state index in [9.17, 15) is 0 Å². The van der Waals surface area contributed by atoms with Gasteiger partial charge in [0.2, 0.25) is 0 Å². The second kappa shape index (κ2) is 7.62. The Kier molecular flexibility index (Phi) is 5.31. The normalized spacial score (nSPS) is 12.6. The first kappa shape index (κ1) is 16.0. The van der Waals surface area contributed by atoms with Gasteiger partial charge in [-0.15, -0.1) is 24.0 Å². The highest BCUT2D eigenvalue weighted by molar-refractivity contribution is 7.83.